The number of rotatable bonds is 5. The molecule has 0 radical (unpaired) electrons. The van der Waals surface area contributed by atoms with Crippen LogP contribution in [0.1, 0.15) is 25.0 Å². The molecule has 2 N–H and O–H groups in total. The van der Waals surface area contributed by atoms with Crippen LogP contribution in [0.5, 0.6) is 0 Å². The zero-order chi connectivity index (χ0) is 12.8. The lowest BCUT2D eigenvalue weighted by Crippen LogP contribution is -2.19. The molecule has 1 aromatic heterocycles. The Hall–Kier alpha value is -0.620. The van der Waals surface area contributed by atoms with E-state index in [1.54, 1.807) is 12.1 Å². The van der Waals surface area contributed by atoms with Crippen LogP contribution in [0.15, 0.2) is 18.3 Å². The van der Waals surface area contributed by atoms with Crippen molar-refractivity contribution in [3.8, 4) is 0 Å². The van der Waals surface area contributed by atoms with Gasteiger partial charge in [0.25, 0.3) is 0 Å². The second kappa shape index (κ2) is 6.96. The van der Waals surface area contributed by atoms with E-state index < -0.39 is 12.2 Å². The minimum absolute atomic E-state index is 0.00824. The molecule has 0 aliphatic carbocycles. The lowest BCUT2D eigenvalue weighted by Gasteiger charge is -2.18. The van der Waals surface area contributed by atoms with Crippen LogP contribution in [0.25, 0.3) is 0 Å². The Morgan fingerprint density at radius 1 is 1.59 bits per heavy atom. The van der Waals surface area contributed by atoms with Gasteiger partial charge in [0.1, 0.15) is 11.3 Å². The van der Waals surface area contributed by atoms with E-state index in [0.29, 0.717) is 17.7 Å². The fourth-order valence-corrected chi connectivity index (χ4v) is 2.19. The summed E-state index contributed by atoms with van der Waals surface area (Å²) in [6.07, 6.45) is -0.208. The maximum absolute atomic E-state index is 10.7. The number of aliphatic hydroxyl groups is 2. The van der Waals surface area contributed by atoms with Gasteiger partial charge in [-0.05, 0) is 12.5 Å². The molecule has 17 heavy (non-hydrogen) atoms. The van der Waals surface area contributed by atoms with Crippen molar-refractivity contribution in [3.63, 3.8) is 0 Å². The van der Waals surface area contributed by atoms with Gasteiger partial charge in [-0.1, -0.05) is 29.4 Å². The van der Waals surface area contributed by atoms with Crippen LogP contribution in [-0.4, -0.2) is 32.2 Å². The summed E-state index contributed by atoms with van der Waals surface area (Å²) in [6.45, 7) is 1.46. The molecule has 0 bridgehead atoms. The summed E-state index contributed by atoms with van der Waals surface area (Å²) in [5.74, 6) is 0.464. The number of hydrogen-bond donors (Lipinski definition) is 2. The Morgan fingerprint density at radius 3 is 2.88 bits per heavy atom. The summed E-state index contributed by atoms with van der Waals surface area (Å²) in [4.78, 5) is 14.5. The summed E-state index contributed by atoms with van der Waals surface area (Å²) < 4.78 is 0. The van der Waals surface area contributed by atoms with E-state index in [9.17, 15) is 15.0 Å². The third-order valence-corrected chi connectivity index (χ3v) is 3.35. The topological polar surface area (TPSA) is 70.4 Å². The SMILES string of the molecule is CC(=O)SCCC(O)C(O)c1cccnc1Cl. The highest BCUT2D eigenvalue weighted by molar-refractivity contribution is 8.13. The molecule has 0 fully saturated rings. The highest BCUT2D eigenvalue weighted by Gasteiger charge is 2.20. The summed E-state index contributed by atoms with van der Waals surface area (Å²) in [5.41, 5.74) is 0.398. The van der Waals surface area contributed by atoms with Gasteiger partial charge in [-0.25, -0.2) is 4.98 Å². The normalized spacial score (nSPS) is 14.4. The third kappa shape index (κ3) is 4.63. The zero-order valence-electron chi connectivity index (χ0n) is 9.34. The molecule has 4 nitrogen and oxygen atoms in total. The fraction of sp³-hybridized carbons (Fsp3) is 0.455. The molecule has 2 atom stereocenters. The van der Waals surface area contributed by atoms with Crippen molar-refractivity contribution < 1.29 is 15.0 Å². The van der Waals surface area contributed by atoms with Crippen LogP contribution >= 0.6 is 23.4 Å². The van der Waals surface area contributed by atoms with E-state index in [1.165, 1.54) is 13.1 Å². The maximum atomic E-state index is 10.7. The Kier molecular flexibility index (Phi) is 5.91. The molecule has 6 heteroatoms. The largest absolute Gasteiger partial charge is 0.390 e. The van der Waals surface area contributed by atoms with Gasteiger partial charge in [-0.2, -0.15) is 0 Å². The van der Waals surface area contributed by atoms with Gasteiger partial charge in [-0.15, -0.1) is 0 Å². The van der Waals surface area contributed by atoms with E-state index >= 15 is 0 Å². The molecule has 1 heterocycles. The molecule has 1 aromatic rings. The van der Waals surface area contributed by atoms with Crippen molar-refractivity contribution in [2.75, 3.05) is 5.75 Å². The first-order chi connectivity index (χ1) is 8.02. The molecule has 2 unspecified atom stereocenters. The Labute approximate surface area is 109 Å². The monoisotopic (exact) mass is 275 g/mol. The van der Waals surface area contributed by atoms with Gasteiger partial charge < -0.3 is 10.2 Å². The van der Waals surface area contributed by atoms with Crippen LogP contribution in [0, 0.1) is 0 Å². The number of aromatic nitrogens is 1. The lowest BCUT2D eigenvalue weighted by atomic mass is 10.0. The van der Waals surface area contributed by atoms with Crippen LogP contribution < -0.4 is 0 Å². The Morgan fingerprint density at radius 2 is 2.29 bits per heavy atom. The van der Waals surface area contributed by atoms with Gasteiger partial charge in [-0.3, -0.25) is 4.79 Å². The molecule has 0 saturated heterocycles. The van der Waals surface area contributed by atoms with E-state index in [1.807, 2.05) is 0 Å². The standard InChI is InChI=1S/C11H14ClNO3S/c1-7(14)17-6-4-9(15)10(16)8-3-2-5-13-11(8)12/h2-3,5,9-10,15-16H,4,6H2,1H3. The average molecular weight is 276 g/mol. The van der Waals surface area contributed by atoms with Gasteiger partial charge in [0.05, 0.1) is 6.10 Å². The average Bonchev–Trinajstić information content (AvgIpc) is 2.28. The summed E-state index contributed by atoms with van der Waals surface area (Å²) in [7, 11) is 0. The van der Waals surface area contributed by atoms with Crippen LogP contribution in [0.3, 0.4) is 0 Å². The molecule has 0 aliphatic heterocycles. The van der Waals surface area contributed by atoms with Crippen LogP contribution in [0.4, 0.5) is 0 Å². The third-order valence-electron chi connectivity index (χ3n) is 2.19. The molecule has 1 rings (SSSR count). The smallest absolute Gasteiger partial charge is 0.185 e. The number of aliphatic hydroxyl groups excluding tert-OH is 2. The zero-order valence-corrected chi connectivity index (χ0v) is 10.9. The highest BCUT2D eigenvalue weighted by Crippen LogP contribution is 2.25. The summed E-state index contributed by atoms with van der Waals surface area (Å²) in [5, 5.41) is 19.8. The second-order valence-electron chi connectivity index (χ2n) is 3.52. The van der Waals surface area contributed by atoms with E-state index in [2.05, 4.69) is 4.98 Å². The first-order valence-electron chi connectivity index (χ1n) is 5.12. The number of thioether (sulfide) groups is 1. The minimum atomic E-state index is -1.08. The van der Waals surface area contributed by atoms with Crippen LogP contribution in [0.2, 0.25) is 5.15 Å². The van der Waals surface area contributed by atoms with Crippen molar-refractivity contribution >= 4 is 28.5 Å². The molecular weight excluding hydrogens is 262 g/mol. The molecular formula is C11H14ClNO3S. The molecule has 0 spiro atoms. The predicted octanol–water partition coefficient (Wildman–Crippen LogP) is 1.80. The fourth-order valence-electron chi connectivity index (χ4n) is 1.31. The number of hydrogen-bond acceptors (Lipinski definition) is 5. The van der Waals surface area contributed by atoms with E-state index in [-0.39, 0.29) is 10.3 Å². The van der Waals surface area contributed by atoms with Crippen molar-refractivity contribution in [2.24, 2.45) is 0 Å². The van der Waals surface area contributed by atoms with E-state index in [0.717, 1.165) is 11.8 Å². The van der Waals surface area contributed by atoms with Crippen molar-refractivity contribution in [1.82, 2.24) is 4.98 Å². The molecule has 0 aromatic carbocycles. The first kappa shape index (κ1) is 14.4. The highest BCUT2D eigenvalue weighted by atomic mass is 35.5. The predicted molar refractivity (Wildman–Crippen MR) is 68.0 cm³/mol. The number of halogens is 1. The van der Waals surface area contributed by atoms with E-state index in [4.69, 9.17) is 11.6 Å². The van der Waals surface area contributed by atoms with Gasteiger partial charge in [0, 0.05) is 24.4 Å². The van der Waals surface area contributed by atoms with Crippen molar-refractivity contribution in [2.45, 2.75) is 25.6 Å². The van der Waals surface area contributed by atoms with Crippen LogP contribution in [-0.2, 0) is 4.79 Å². The molecule has 94 valence electrons. The van der Waals surface area contributed by atoms with Gasteiger partial charge >= 0.3 is 0 Å². The lowest BCUT2D eigenvalue weighted by molar-refractivity contribution is -0.109. The molecule has 0 amide bonds. The summed E-state index contributed by atoms with van der Waals surface area (Å²) >= 11 is 6.92. The first-order valence-corrected chi connectivity index (χ1v) is 6.48. The summed E-state index contributed by atoms with van der Waals surface area (Å²) in [6, 6.07) is 3.25. The molecule has 0 saturated carbocycles. The van der Waals surface area contributed by atoms with Gasteiger partial charge in [0.2, 0.25) is 0 Å². The quantitative estimate of drug-likeness (QED) is 0.802. The Balaban J connectivity index is 2.55. The number of pyridine rings is 1. The maximum Gasteiger partial charge on any atom is 0.185 e. The van der Waals surface area contributed by atoms with Gasteiger partial charge in [0.15, 0.2) is 5.12 Å². The van der Waals surface area contributed by atoms with Crippen molar-refractivity contribution in [1.29, 1.82) is 0 Å². The number of carbonyl (C=O) groups excluding carboxylic acids is 1. The van der Waals surface area contributed by atoms with Crippen molar-refractivity contribution in [3.05, 3.63) is 29.0 Å². The second-order valence-corrected chi connectivity index (χ2v) is 5.15. The molecule has 0 aliphatic rings. The number of carbonyl (C=O) groups is 1. The minimum Gasteiger partial charge on any atom is -0.390 e. The number of nitrogens with zero attached hydrogens (tertiary/aromatic N) is 1. The Bertz CT molecular complexity index is 389.